The summed E-state index contributed by atoms with van der Waals surface area (Å²) < 4.78 is 10.9. The van der Waals surface area contributed by atoms with Gasteiger partial charge in [-0.3, -0.25) is 0 Å². The second-order valence-corrected chi connectivity index (χ2v) is 11.0. The number of benzene rings is 3. The molecule has 3 heteroatoms. The molecule has 0 spiro atoms. The third-order valence-electron chi connectivity index (χ3n) is 8.03. The Morgan fingerprint density at radius 3 is 1.67 bits per heavy atom. The van der Waals surface area contributed by atoms with Crippen LogP contribution in [0.2, 0.25) is 0 Å². The van der Waals surface area contributed by atoms with E-state index < -0.39 is 0 Å². The summed E-state index contributed by atoms with van der Waals surface area (Å²) in [5.74, 6) is 0.999. The van der Waals surface area contributed by atoms with Crippen molar-refractivity contribution in [2.75, 3.05) is 6.61 Å². The summed E-state index contributed by atoms with van der Waals surface area (Å²) in [4.78, 5) is 0. The van der Waals surface area contributed by atoms with E-state index in [0.717, 1.165) is 55.7 Å². The van der Waals surface area contributed by atoms with Crippen LogP contribution < -0.4 is 4.74 Å². The van der Waals surface area contributed by atoms with Crippen molar-refractivity contribution in [3.05, 3.63) is 150 Å². The maximum atomic E-state index is 6.28. The van der Waals surface area contributed by atoms with E-state index in [0.29, 0.717) is 6.61 Å². The van der Waals surface area contributed by atoms with Crippen LogP contribution in [0.1, 0.15) is 58.7 Å². The zero-order valence-corrected chi connectivity index (χ0v) is 25.1. The summed E-state index contributed by atoms with van der Waals surface area (Å²) >= 11 is 0. The molecule has 0 aliphatic carbocycles. The highest BCUT2D eigenvalue weighted by molar-refractivity contribution is 5.52. The molecule has 0 aliphatic rings. The average molecular weight is 555 g/mol. The maximum Gasteiger partial charge on any atom is 0.122 e. The van der Waals surface area contributed by atoms with Crippen molar-refractivity contribution in [2.45, 2.75) is 52.4 Å². The lowest BCUT2D eigenvalue weighted by atomic mass is 9.99. The number of hydrogen-bond acceptors (Lipinski definition) is 1. The van der Waals surface area contributed by atoms with Gasteiger partial charge in [0.05, 0.1) is 6.61 Å². The highest BCUT2D eigenvalue weighted by atomic mass is 16.5. The van der Waals surface area contributed by atoms with E-state index in [1.807, 2.05) is 18.2 Å². The number of para-hydroxylation sites is 2. The second kappa shape index (κ2) is 13.9. The molecular weight excluding hydrogens is 512 g/mol. The Hall–Kier alpha value is -4.50. The number of rotatable bonds is 14. The smallest absolute Gasteiger partial charge is 0.122 e. The molecule has 0 saturated carbocycles. The lowest BCUT2D eigenvalue weighted by Gasteiger charge is -2.15. The van der Waals surface area contributed by atoms with Gasteiger partial charge in [0, 0.05) is 34.2 Å². The van der Waals surface area contributed by atoms with Gasteiger partial charge in [0.25, 0.3) is 0 Å². The van der Waals surface area contributed by atoms with Gasteiger partial charge >= 0.3 is 0 Å². The minimum absolute atomic E-state index is 0.691. The Bertz CT molecular complexity index is 1500. The summed E-state index contributed by atoms with van der Waals surface area (Å²) in [6.07, 6.45) is 10.2. The van der Waals surface area contributed by atoms with Gasteiger partial charge in [-0.1, -0.05) is 55.6 Å². The van der Waals surface area contributed by atoms with E-state index in [4.69, 9.17) is 4.74 Å². The lowest BCUT2D eigenvalue weighted by Crippen LogP contribution is -2.06. The van der Waals surface area contributed by atoms with Crippen LogP contribution >= 0.6 is 0 Å². The van der Waals surface area contributed by atoms with Gasteiger partial charge in [-0.15, -0.1) is 0 Å². The van der Waals surface area contributed by atoms with Gasteiger partial charge in [-0.05, 0) is 136 Å². The predicted molar refractivity (Wildman–Crippen MR) is 178 cm³/mol. The molecule has 3 nitrogen and oxygen atoms in total. The summed E-state index contributed by atoms with van der Waals surface area (Å²) in [6, 6.07) is 34.3. The zero-order valence-electron chi connectivity index (χ0n) is 25.1. The molecule has 0 radical (unpaired) electrons. The fourth-order valence-corrected chi connectivity index (χ4v) is 5.82. The SMILES string of the molecule is C=Cc1ccc(CCCCc2cc(C)c(OCCCc3ccc(C=C)n3-c3ccccc3)cc2C)n1-c1ccccc1. The standard InChI is InChI=1S/C39H42N2O/c1-5-33-23-25-37(40(33)35-17-9-7-10-18-35)21-14-13-16-32-28-31(4)39(29-30(32)3)42-27-15-22-38-26-24-34(6-2)41(38)36-19-11-8-12-20-36/h5-12,17-20,23-26,28-29H,1-2,13-16,21-22,27H2,3-4H3. The Balaban J connectivity index is 1.13. The fraction of sp³-hybridized carbons (Fsp3) is 0.231. The Kier molecular flexibility index (Phi) is 9.61. The molecule has 42 heavy (non-hydrogen) atoms. The van der Waals surface area contributed by atoms with Crippen LogP contribution in [0.15, 0.2) is 110 Å². The van der Waals surface area contributed by atoms with E-state index in [1.165, 1.54) is 39.5 Å². The number of unbranched alkanes of at least 4 members (excludes halogenated alkanes) is 1. The number of nitrogens with zero attached hydrogens (tertiary/aromatic N) is 2. The molecule has 2 aromatic heterocycles. The first-order valence-corrected chi connectivity index (χ1v) is 15.1. The van der Waals surface area contributed by atoms with Crippen molar-refractivity contribution in [1.82, 2.24) is 9.13 Å². The van der Waals surface area contributed by atoms with E-state index in [-0.39, 0.29) is 0 Å². The van der Waals surface area contributed by atoms with Crippen molar-refractivity contribution in [2.24, 2.45) is 0 Å². The number of hydrogen-bond donors (Lipinski definition) is 0. The zero-order chi connectivity index (χ0) is 29.3. The van der Waals surface area contributed by atoms with E-state index in [1.54, 1.807) is 0 Å². The first-order chi connectivity index (χ1) is 20.6. The normalized spacial score (nSPS) is 11.0. The monoisotopic (exact) mass is 554 g/mol. The highest BCUT2D eigenvalue weighted by Gasteiger charge is 2.11. The van der Waals surface area contributed by atoms with Gasteiger partial charge in [-0.2, -0.15) is 0 Å². The highest BCUT2D eigenvalue weighted by Crippen LogP contribution is 2.26. The molecule has 5 aromatic rings. The van der Waals surface area contributed by atoms with Gasteiger partial charge in [0.15, 0.2) is 0 Å². The predicted octanol–water partition coefficient (Wildman–Crippen LogP) is 9.75. The first-order valence-electron chi connectivity index (χ1n) is 15.1. The van der Waals surface area contributed by atoms with Crippen molar-refractivity contribution in [1.29, 1.82) is 0 Å². The van der Waals surface area contributed by atoms with Gasteiger partial charge in [-0.25, -0.2) is 0 Å². The number of ether oxygens (including phenoxy) is 1. The quantitative estimate of drug-likeness (QED) is 0.125. The van der Waals surface area contributed by atoms with Crippen LogP contribution in [-0.2, 0) is 19.3 Å². The summed E-state index contributed by atoms with van der Waals surface area (Å²) in [6.45, 7) is 13.1. The summed E-state index contributed by atoms with van der Waals surface area (Å²) in [7, 11) is 0. The minimum Gasteiger partial charge on any atom is -0.493 e. The molecule has 0 saturated heterocycles. The Morgan fingerprint density at radius 1 is 0.595 bits per heavy atom. The van der Waals surface area contributed by atoms with Crippen LogP contribution in [0.4, 0.5) is 0 Å². The molecule has 0 aliphatic heterocycles. The molecule has 0 N–H and O–H groups in total. The van der Waals surface area contributed by atoms with Crippen LogP contribution in [-0.4, -0.2) is 15.7 Å². The largest absolute Gasteiger partial charge is 0.493 e. The lowest BCUT2D eigenvalue weighted by molar-refractivity contribution is 0.308. The molecule has 0 unspecified atom stereocenters. The number of aromatic nitrogens is 2. The Morgan fingerprint density at radius 2 is 1.12 bits per heavy atom. The molecule has 0 amide bonds. The van der Waals surface area contributed by atoms with Crippen LogP contribution in [0, 0.1) is 13.8 Å². The van der Waals surface area contributed by atoms with Crippen molar-refractivity contribution in [3.63, 3.8) is 0 Å². The minimum atomic E-state index is 0.691. The molecule has 214 valence electrons. The molecule has 0 fully saturated rings. The van der Waals surface area contributed by atoms with E-state index in [9.17, 15) is 0 Å². The van der Waals surface area contributed by atoms with E-state index >= 15 is 0 Å². The summed E-state index contributed by atoms with van der Waals surface area (Å²) in [5, 5.41) is 0. The average Bonchev–Trinajstić information content (AvgIpc) is 3.64. The van der Waals surface area contributed by atoms with Crippen molar-refractivity contribution >= 4 is 12.2 Å². The molecule has 2 heterocycles. The topological polar surface area (TPSA) is 19.1 Å². The third kappa shape index (κ3) is 6.69. The summed E-state index contributed by atoms with van der Waals surface area (Å²) in [5.41, 5.74) is 11.2. The van der Waals surface area contributed by atoms with Gasteiger partial charge < -0.3 is 13.9 Å². The van der Waals surface area contributed by atoms with Crippen LogP contribution in [0.3, 0.4) is 0 Å². The Labute approximate surface area is 251 Å². The first kappa shape index (κ1) is 29.0. The van der Waals surface area contributed by atoms with Crippen molar-refractivity contribution in [3.8, 4) is 17.1 Å². The van der Waals surface area contributed by atoms with Crippen LogP contribution in [0.25, 0.3) is 23.5 Å². The number of aryl methyl sites for hydroxylation is 5. The fourth-order valence-electron chi connectivity index (χ4n) is 5.82. The molecular formula is C39H42N2O. The molecule has 0 bridgehead atoms. The maximum absolute atomic E-state index is 6.28. The molecule has 5 rings (SSSR count). The molecule has 3 aromatic carbocycles. The second-order valence-electron chi connectivity index (χ2n) is 11.0. The third-order valence-corrected chi connectivity index (χ3v) is 8.03. The van der Waals surface area contributed by atoms with Gasteiger partial charge in [0.2, 0.25) is 0 Å². The van der Waals surface area contributed by atoms with Crippen LogP contribution in [0.5, 0.6) is 5.75 Å². The molecule has 0 atom stereocenters. The van der Waals surface area contributed by atoms with Gasteiger partial charge in [0.1, 0.15) is 5.75 Å². The van der Waals surface area contributed by atoms with E-state index in [2.05, 4.69) is 127 Å². The van der Waals surface area contributed by atoms with Crippen molar-refractivity contribution < 1.29 is 4.74 Å².